The van der Waals surface area contributed by atoms with Crippen molar-refractivity contribution in [3.8, 4) is 0 Å². The van der Waals surface area contributed by atoms with Crippen molar-refractivity contribution in [1.29, 1.82) is 0 Å². The van der Waals surface area contributed by atoms with Gasteiger partial charge in [0.25, 0.3) is 5.91 Å². The van der Waals surface area contributed by atoms with Crippen LogP contribution in [0.3, 0.4) is 0 Å². The monoisotopic (exact) mass is 418 g/mol. The number of thiophene rings is 1. The smallest absolute Gasteiger partial charge is 0.255 e. The number of benzene rings is 1. The summed E-state index contributed by atoms with van der Waals surface area (Å²) in [5, 5.41) is 5.74. The van der Waals surface area contributed by atoms with Crippen LogP contribution in [0.4, 0.5) is 0 Å². The Hall–Kier alpha value is -1.85. The number of nitrogens with one attached hydrogen (secondary N) is 1. The average molecular weight is 419 g/mol. The summed E-state index contributed by atoms with van der Waals surface area (Å²) in [6, 6.07) is 11.3. The number of hydrogen-bond donors (Lipinski definition) is 1. The Morgan fingerprint density at radius 3 is 2.50 bits per heavy atom. The molecule has 1 aromatic carbocycles. The number of piperidine rings is 1. The van der Waals surface area contributed by atoms with Gasteiger partial charge in [-0.2, -0.15) is 0 Å². The van der Waals surface area contributed by atoms with Gasteiger partial charge in [0.1, 0.15) is 0 Å². The second-order valence-electron chi connectivity index (χ2n) is 7.72. The van der Waals surface area contributed by atoms with Crippen molar-refractivity contribution in [3.63, 3.8) is 0 Å². The molecule has 1 aromatic heterocycles. The van der Waals surface area contributed by atoms with Gasteiger partial charge in [0.15, 0.2) is 0 Å². The molecule has 1 aliphatic heterocycles. The molecule has 6 heteroatoms. The highest BCUT2D eigenvalue weighted by molar-refractivity contribution is 7.10. The maximum atomic E-state index is 12.7. The van der Waals surface area contributed by atoms with E-state index in [1.54, 1.807) is 23.5 Å². The number of halogens is 1. The standard InChI is InChI=1S/C22H27ClN2O2S/c1-15(2)21(19-8-5-13-28-19)24-20(26)14-16-9-11-25(12-10-16)22(27)17-6-3-4-7-18(17)23/h3-8,13,15-16,21H,9-12,14H2,1-2H3,(H,24,26)/t21-/m0/s1. The van der Waals surface area contributed by atoms with Gasteiger partial charge in [-0.05, 0) is 48.3 Å². The topological polar surface area (TPSA) is 49.4 Å². The number of rotatable bonds is 6. The zero-order chi connectivity index (χ0) is 20.1. The van der Waals surface area contributed by atoms with Crippen LogP contribution in [-0.2, 0) is 4.79 Å². The fourth-order valence-corrected chi connectivity index (χ4v) is 4.84. The van der Waals surface area contributed by atoms with Gasteiger partial charge in [-0.15, -0.1) is 11.3 Å². The summed E-state index contributed by atoms with van der Waals surface area (Å²) < 4.78 is 0. The quantitative estimate of drug-likeness (QED) is 0.704. The maximum Gasteiger partial charge on any atom is 0.255 e. The van der Waals surface area contributed by atoms with Crippen molar-refractivity contribution in [1.82, 2.24) is 10.2 Å². The molecule has 1 fully saturated rings. The summed E-state index contributed by atoms with van der Waals surface area (Å²) in [5.41, 5.74) is 0.552. The SMILES string of the molecule is CC(C)[C@H](NC(=O)CC1CCN(C(=O)c2ccccc2Cl)CC1)c1cccs1. The largest absolute Gasteiger partial charge is 0.348 e. The van der Waals surface area contributed by atoms with Crippen molar-refractivity contribution in [3.05, 3.63) is 57.2 Å². The third kappa shape index (κ3) is 5.15. The predicted molar refractivity (Wildman–Crippen MR) is 115 cm³/mol. The van der Waals surface area contributed by atoms with Crippen molar-refractivity contribution in [2.45, 2.75) is 39.2 Å². The van der Waals surface area contributed by atoms with Crippen LogP contribution in [-0.4, -0.2) is 29.8 Å². The Bertz CT molecular complexity index is 799. The van der Waals surface area contributed by atoms with E-state index >= 15 is 0 Å². The fraction of sp³-hybridized carbons (Fsp3) is 0.455. The second-order valence-corrected chi connectivity index (χ2v) is 9.11. The van der Waals surface area contributed by atoms with E-state index < -0.39 is 0 Å². The van der Waals surface area contributed by atoms with Crippen molar-refractivity contribution >= 4 is 34.8 Å². The highest BCUT2D eigenvalue weighted by atomic mass is 35.5. The Balaban J connectivity index is 1.50. The minimum Gasteiger partial charge on any atom is -0.348 e. The molecule has 1 atom stereocenters. The first-order chi connectivity index (χ1) is 13.5. The van der Waals surface area contributed by atoms with Gasteiger partial charge in [0, 0.05) is 24.4 Å². The molecular weight excluding hydrogens is 392 g/mol. The zero-order valence-corrected chi connectivity index (χ0v) is 17.9. The first-order valence-corrected chi connectivity index (χ1v) is 11.1. The van der Waals surface area contributed by atoms with E-state index in [0.717, 1.165) is 12.8 Å². The van der Waals surface area contributed by atoms with Gasteiger partial charge < -0.3 is 10.2 Å². The van der Waals surface area contributed by atoms with Crippen LogP contribution in [0.15, 0.2) is 41.8 Å². The van der Waals surface area contributed by atoms with Gasteiger partial charge in [-0.1, -0.05) is 43.6 Å². The normalized spacial score (nSPS) is 16.2. The highest BCUT2D eigenvalue weighted by Crippen LogP contribution is 2.28. The average Bonchev–Trinajstić information content (AvgIpc) is 3.21. The van der Waals surface area contributed by atoms with Gasteiger partial charge >= 0.3 is 0 Å². The number of carbonyl (C=O) groups excluding carboxylic acids is 2. The number of hydrogen-bond acceptors (Lipinski definition) is 3. The molecule has 0 aliphatic carbocycles. The molecule has 4 nitrogen and oxygen atoms in total. The molecule has 0 saturated carbocycles. The Morgan fingerprint density at radius 1 is 1.18 bits per heavy atom. The van der Waals surface area contributed by atoms with Crippen LogP contribution < -0.4 is 5.32 Å². The van der Waals surface area contributed by atoms with Crippen LogP contribution in [0.5, 0.6) is 0 Å². The molecular formula is C22H27ClN2O2S. The summed E-state index contributed by atoms with van der Waals surface area (Å²) in [5.74, 6) is 0.734. The third-order valence-electron chi connectivity index (χ3n) is 5.31. The van der Waals surface area contributed by atoms with Gasteiger partial charge in [-0.25, -0.2) is 0 Å². The summed E-state index contributed by atoms with van der Waals surface area (Å²) in [6.07, 6.45) is 2.20. The summed E-state index contributed by atoms with van der Waals surface area (Å²) in [6.45, 7) is 5.59. The van der Waals surface area contributed by atoms with E-state index in [2.05, 4.69) is 25.2 Å². The molecule has 2 amide bonds. The van der Waals surface area contributed by atoms with E-state index in [9.17, 15) is 9.59 Å². The van der Waals surface area contributed by atoms with Crippen molar-refractivity contribution in [2.75, 3.05) is 13.1 Å². The molecule has 1 N–H and O–H groups in total. The van der Waals surface area contributed by atoms with Gasteiger partial charge in [0.05, 0.1) is 16.6 Å². The summed E-state index contributed by atoms with van der Waals surface area (Å²) >= 11 is 7.83. The lowest BCUT2D eigenvalue weighted by atomic mass is 9.92. The molecule has 2 heterocycles. The first-order valence-electron chi connectivity index (χ1n) is 9.82. The number of amides is 2. The van der Waals surface area contributed by atoms with Crippen molar-refractivity contribution in [2.24, 2.45) is 11.8 Å². The number of nitrogens with zero attached hydrogens (tertiary/aromatic N) is 1. The van der Waals surface area contributed by atoms with Crippen LogP contribution in [0.1, 0.15) is 54.4 Å². The molecule has 0 bridgehead atoms. The molecule has 0 radical (unpaired) electrons. The summed E-state index contributed by atoms with van der Waals surface area (Å²) in [4.78, 5) is 28.3. The molecule has 3 rings (SSSR count). The molecule has 150 valence electrons. The molecule has 2 aromatic rings. The number of likely N-dealkylation sites (tertiary alicyclic amines) is 1. The van der Waals surface area contributed by atoms with E-state index in [1.807, 2.05) is 28.5 Å². The lowest BCUT2D eigenvalue weighted by Gasteiger charge is -2.32. The second kappa shape index (κ2) is 9.57. The predicted octanol–water partition coefficient (Wildman–Crippen LogP) is 5.16. The van der Waals surface area contributed by atoms with Crippen LogP contribution in [0, 0.1) is 11.8 Å². The lowest BCUT2D eigenvalue weighted by Crippen LogP contribution is -2.40. The fourth-order valence-electron chi connectivity index (χ4n) is 3.67. The minimum absolute atomic E-state index is 0.0222. The Morgan fingerprint density at radius 2 is 1.89 bits per heavy atom. The first kappa shape index (κ1) is 20.9. The third-order valence-corrected chi connectivity index (χ3v) is 6.60. The van der Waals surface area contributed by atoms with Crippen LogP contribution in [0.25, 0.3) is 0 Å². The maximum absolute atomic E-state index is 12.7. The van der Waals surface area contributed by atoms with Crippen LogP contribution in [0.2, 0.25) is 5.02 Å². The van der Waals surface area contributed by atoms with E-state index in [4.69, 9.17) is 11.6 Å². The molecule has 0 unspecified atom stereocenters. The number of carbonyl (C=O) groups is 2. The van der Waals surface area contributed by atoms with Crippen LogP contribution >= 0.6 is 22.9 Å². The van der Waals surface area contributed by atoms with E-state index in [1.165, 1.54) is 4.88 Å². The molecule has 1 saturated heterocycles. The molecule has 0 spiro atoms. The molecule has 1 aliphatic rings. The summed E-state index contributed by atoms with van der Waals surface area (Å²) in [7, 11) is 0. The van der Waals surface area contributed by atoms with E-state index in [0.29, 0.717) is 41.9 Å². The van der Waals surface area contributed by atoms with Crippen molar-refractivity contribution < 1.29 is 9.59 Å². The minimum atomic E-state index is -0.0222. The highest BCUT2D eigenvalue weighted by Gasteiger charge is 2.27. The lowest BCUT2D eigenvalue weighted by molar-refractivity contribution is -0.123. The Kier molecular flexibility index (Phi) is 7.13. The van der Waals surface area contributed by atoms with Gasteiger partial charge in [0.2, 0.25) is 5.91 Å². The van der Waals surface area contributed by atoms with Gasteiger partial charge in [-0.3, -0.25) is 9.59 Å². The van der Waals surface area contributed by atoms with E-state index in [-0.39, 0.29) is 17.9 Å². The Labute approximate surface area is 175 Å². The zero-order valence-electron chi connectivity index (χ0n) is 16.4. The molecule has 28 heavy (non-hydrogen) atoms.